The Kier molecular flexibility index (Phi) is 4.47. The summed E-state index contributed by atoms with van der Waals surface area (Å²) in [5.41, 5.74) is -0.467. The maximum atomic E-state index is 10.8. The minimum Gasteiger partial charge on any atom is -0.493 e. The van der Waals surface area contributed by atoms with Crippen LogP contribution in [0.5, 0.6) is 5.75 Å². The van der Waals surface area contributed by atoms with Gasteiger partial charge in [-0.25, -0.2) is 0 Å². The fourth-order valence-electron chi connectivity index (χ4n) is 2.93. The highest BCUT2D eigenvalue weighted by molar-refractivity contribution is 5.29. The van der Waals surface area contributed by atoms with Crippen LogP contribution in [0.2, 0.25) is 0 Å². The van der Waals surface area contributed by atoms with Gasteiger partial charge in [-0.2, -0.15) is 5.10 Å². The Hall–Kier alpha value is -1.07. The Morgan fingerprint density at radius 2 is 2.00 bits per heavy atom. The fraction of sp³-hybridized carbons (Fsp3) is 0.786. The molecule has 0 aliphatic heterocycles. The van der Waals surface area contributed by atoms with E-state index in [2.05, 4.69) is 5.10 Å². The van der Waals surface area contributed by atoms with E-state index in [1.807, 2.05) is 6.92 Å². The maximum Gasteiger partial charge on any atom is 0.162 e. The van der Waals surface area contributed by atoms with Crippen molar-refractivity contribution in [2.75, 3.05) is 7.11 Å². The van der Waals surface area contributed by atoms with E-state index in [0.29, 0.717) is 30.8 Å². The smallest absolute Gasteiger partial charge is 0.162 e. The van der Waals surface area contributed by atoms with Gasteiger partial charge in [-0.05, 0) is 19.8 Å². The molecule has 1 atom stereocenters. The molecule has 1 aromatic rings. The van der Waals surface area contributed by atoms with Gasteiger partial charge in [0.15, 0.2) is 5.75 Å². The summed E-state index contributed by atoms with van der Waals surface area (Å²) in [6.45, 7) is 2.60. The van der Waals surface area contributed by atoms with Gasteiger partial charge < -0.3 is 14.9 Å². The van der Waals surface area contributed by atoms with Crippen LogP contribution in [-0.2, 0) is 6.54 Å². The Morgan fingerprint density at radius 3 is 2.53 bits per heavy atom. The molecule has 0 bridgehead atoms. The Labute approximate surface area is 114 Å². The number of aryl methyl sites for hydroxylation is 1. The Balaban J connectivity index is 2.31. The van der Waals surface area contributed by atoms with Gasteiger partial charge in [0.2, 0.25) is 0 Å². The molecule has 0 aromatic carbocycles. The molecule has 0 spiro atoms. The van der Waals surface area contributed by atoms with Crippen molar-refractivity contribution in [3.63, 3.8) is 0 Å². The molecule has 1 fully saturated rings. The number of aromatic nitrogens is 2. The molecular formula is C14H24N2O3. The highest BCUT2D eigenvalue weighted by atomic mass is 16.5. The van der Waals surface area contributed by atoms with E-state index in [9.17, 15) is 10.2 Å². The maximum absolute atomic E-state index is 10.8. The van der Waals surface area contributed by atoms with E-state index >= 15 is 0 Å². The number of rotatable bonds is 4. The normalized spacial score (nSPS) is 20.8. The lowest BCUT2D eigenvalue weighted by atomic mass is 9.86. The standard InChI is InChI=1S/C14H24N2O3/c1-3-16-12(11(19-2)10-15-16)13(17)14(18)8-6-4-5-7-9-14/h10,13,17-18H,3-9H2,1-2H3. The first kappa shape index (κ1) is 14.3. The number of hydrogen-bond acceptors (Lipinski definition) is 4. The van der Waals surface area contributed by atoms with Gasteiger partial charge in [0.25, 0.3) is 0 Å². The van der Waals surface area contributed by atoms with Crippen LogP contribution < -0.4 is 4.74 Å². The molecule has 19 heavy (non-hydrogen) atoms. The number of hydrogen-bond donors (Lipinski definition) is 2. The van der Waals surface area contributed by atoms with Crippen molar-refractivity contribution in [1.82, 2.24) is 9.78 Å². The van der Waals surface area contributed by atoms with Crippen molar-refractivity contribution >= 4 is 0 Å². The zero-order valence-electron chi connectivity index (χ0n) is 11.8. The summed E-state index contributed by atoms with van der Waals surface area (Å²) < 4.78 is 6.96. The van der Waals surface area contributed by atoms with Crippen LogP contribution in [0.1, 0.15) is 57.2 Å². The van der Waals surface area contributed by atoms with Crippen LogP contribution in [0.25, 0.3) is 0 Å². The number of methoxy groups -OCH3 is 1. The largest absolute Gasteiger partial charge is 0.493 e. The second-order valence-corrected chi connectivity index (χ2v) is 5.33. The van der Waals surface area contributed by atoms with Gasteiger partial charge >= 0.3 is 0 Å². The molecule has 1 heterocycles. The quantitative estimate of drug-likeness (QED) is 0.820. The van der Waals surface area contributed by atoms with E-state index in [1.165, 1.54) is 0 Å². The lowest BCUT2D eigenvalue weighted by molar-refractivity contribution is -0.0908. The Bertz CT molecular complexity index is 387. The molecule has 5 nitrogen and oxygen atoms in total. The van der Waals surface area contributed by atoms with Gasteiger partial charge in [-0.1, -0.05) is 25.7 Å². The summed E-state index contributed by atoms with van der Waals surface area (Å²) in [5, 5.41) is 25.6. The number of nitrogens with zero attached hydrogens (tertiary/aromatic N) is 2. The van der Waals surface area contributed by atoms with E-state index in [4.69, 9.17) is 4.74 Å². The summed E-state index contributed by atoms with van der Waals surface area (Å²) >= 11 is 0. The van der Waals surface area contributed by atoms with Crippen molar-refractivity contribution in [2.45, 2.75) is 63.7 Å². The van der Waals surface area contributed by atoms with Crippen LogP contribution in [0, 0.1) is 0 Å². The molecule has 108 valence electrons. The van der Waals surface area contributed by atoms with Crippen LogP contribution in [0.4, 0.5) is 0 Å². The highest BCUT2D eigenvalue weighted by Gasteiger charge is 2.40. The number of ether oxygens (including phenoxy) is 1. The average Bonchev–Trinajstić information content (AvgIpc) is 2.71. The molecule has 5 heteroatoms. The van der Waals surface area contributed by atoms with Crippen molar-refractivity contribution < 1.29 is 14.9 Å². The minimum atomic E-state index is -1.06. The van der Waals surface area contributed by atoms with Crippen molar-refractivity contribution in [3.8, 4) is 5.75 Å². The first-order valence-corrected chi connectivity index (χ1v) is 7.12. The van der Waals surface area contributed by atoms with Crippen molar-refractivity contribution in [3.05, 3.63) is 11.9 Å². The van der Waals surface area contributed by atoms with E-state index in [1.54, 1.807) is 18.0 Å². The minimum absolute atomic E-state index is 0.548. The lowest BCUT2D eigenvalue weighted by Crippen LogP contribution is -2.37. The topological polar surface area (TPSA) is 67.5 Å². The molecular weight excluding hydrogens is 244 g/mol. The summed E-state index contributed by atoms with van der Waals surface area (Å²) in [6, 6.07) is 0. The van der Waals surface area contributed by atoms with Crippen molar-refractivity contribution in [1.29, 1.82) is 0 Å². The van der Waals surface area contributed by atoms with Gasteiger partial charge in [-0.3, -0.25) is 4.68 Å². The van der Waals surface area contributed by atoms with Crippen LogP contribution in [0.15, 0.2) is 6.20 Å². The molecule has 1 aromatic heterocycles. The van der Waals surface area contributed by atoms with Crippen LogP contribution in [-0.4, -0.2) is 32.7 Å². The number of aliphatic hydroxyl groups is 2. The molecule has 2 rings (SSSR count). The third-order valence-corrected chi connectivity index (χ3v) is 4.10. The molecule has 1 unspecified atom stereocenters. The highest BCUT2D eigenvalue weighted by Crippen LogP contribution is 2.40. The molecule has 1 aliphatic carbocycles. The Morgan fingerprint density at radius 1 is 1.37 bits per heavy atom. The van der Waals surface area contributed by atoms with Gasteiger partial charge in [0, 0.05) is 6.54 Å². The van der Waals surface area contributed by atoms with Crippen LogP contribution >= 0.6 is 0 Å². The molecule has 0 radical (unpaired) electrons. The molecule has 1 aliphatic rings. The first-order valence-electron chi connectivity index (χ1n) is 7.12. The van der Waals surface area contributed by atoms with Crippen LogP contribution in [0.3, 0.4) is 0 Å². The predicted octanol–water partition coefficient (Wildman–Crippen LogP) is 2.03. The zero-order valence-corrected chi connectivity index (χ0v) is 11.8. The third kappa shape index (κ3) is 2.77. The summed E-state index contributed by atoms with van der Waals surface area (Å²) in [4.78, 5) is 0. The van der Waals surface area contributed by atoms with E-state index in [-0.39, 0.29) is 0 Å². The van der Waals surface area contributed by atoms with E-state index in [0.717, 1.165) is 25.7 Å². The first-order chi connectivity index (χ1) is 9.12. The monoisotopic (exact) mass is 268 g/mol. The second kappa shape index (κ2) is 5.92. The molecule has 0 amide bonds. The van der Waals surface area contributed by atoms with Gasteiger partial charge in [0.05, 0.1) is 18.9 Å². The lowest BCUT2D eigenvalue weighted by Gasteiger charge is -2.32. The zero-order chi connectivity index (χ0) is 13.9. The predicted molar refractivity (Wildman–Crippen MR) is 72.1 cm³/mol. The molecule has 0 saturated heterocycles. The number of aliphatic hydroxyl groups excluding tert-OH is 1. The second-order valence-electron chi connectivity index (χ2n) is 5.33. The SMILES string of the molecule is CCn1ncc(OC)c1C(O)C1(O)CCCCCC1. The molecule has 2 N–H and O–H groups in total. The summed E-state index contributed by atoms with van der Waals surface area (Å²) in [6.07, 6.45) is 6.08. The van der Waals surface area contributed by atoms with Gasteiger partial charge in [-0.15, -0.1) is 0 Å². The van der Waals surface area contributed by atoms with E-state index < -0.39 is 11.7 Å². The third-order valence-electron chi connectivity index (χ3n) is 4.10. The van der Waals surface area contributed by atoms with Crippen molar-refractivity contribution in [2.24, 2.45) is 0 Å². The molecule has 1 saturated carbocycles. The summed E-state index contributed by atoms with van der Waals surface area (Å²) in [5.74, 6) is 0.548. The summed E-state index contributed by atoms with van der Waals surface area (Å²) in [7, 11) is 1.56. The fourth-order valence-corrected chi connectivity index (χ4v) is 2.93. The van der Waals surface area contributed by atoms with Gasteiger partial charge in [0.1, 0.15) is 11.8 Å². The average molecular weight is 268 g/mol.